The molecule has 76 valence electrons. The van der Waals surface area contributed by atoms with Crippen LogP contribution in [0.1, 0.15) is 12.8 Å². The van der Waals surface area contributed by atoms with E-state index in [1.54, 1.807) is 17.8 Å². The second-order valence-corrected chi connectivity index (χ2v) is 4.40. The summed E-state index contributed by atoms with van der Waals surface area (Å²) in [7, 11) is 1.79. The second kappa shape index (κ2) is 3.06. The fourth-order valence-corrected chi connectivity index (χ4v) is 1.40. The average molecular weight is 259 g/mol. The predicted molar refractivity (Wildman–Crippen MR) is 55.7 cm³/mol. The van der Waals surface area contributed by atoms with Gasteiger partial charge in [-0.1, -0.05) is 0 Å². The highest BCUT2D eigenvalue weighted by molar-refractivity contribution is 9.10. The summed E-state index contributed by atoms with van der Waals surface area (Å²) in [6.07, 6.45) is 1.51. The third-order valence-corrected chi connectivity index (χ3v) is 3.05. The Morgan fingerprint density at radius 2 is 2.43 bits per heavy atom. The van der Waals surface area contributed by atoms with Gasteiger partial charge in [-0.25, -0.2) is 0 Å². The van der Waals surface area contributed by atoms with Gasteiger partial charge in [0.1, 0.15) is 4.60 Å². The van der Waals surface area contributed by atoms with Crippen LogP contribution >= 0.6 is 15.9 Å². The van der Waals surface area contributed by atoms with Gasteiger partial charge in [-0.2, -0.15) is 5.10 Å². The van der Waals surface area contributed by atoms with Crippen LogP contribution in [0.2, 0.25) is 0 Å². The number of aryl methyl sites for hydroxylation is 1. The van der Waals surface area contributed by atoms with Crippen molar-refractivity contribution in [1.29, 1.82) is 0 Å². The molecule has 1 amide bonds. The first-order chi connectivity index (χ1) is 6.51. The van der Waals surface area contributed by atoms with E-state index in [2.05, 4.69) is 26.3 Å². The Morgan fingerprint density at radius 3 is 2.86 bits per heavy atom. The number of aromatic nitrogens is 2. The van der Waals surface area contributed by atoms with Gasteiger partial charge in [-0.15, -0.1) is 0 Å². The van der Waals surface area contributed by atoms with E-state index in [1.807, 2.05) is 0 Å². The van der Waals surface area contributed by atoms with Crippen LogP contribution in [0.3, 0.4) is 0 Å². The lowest BCUT2D eigenvalue weighted by Gasteiger charge is -2.06. The van der Waals surface area contributed by atoms with Gasteiger partial charge >= 0.3 is 0 Å². The number of hydrogen-bond donors (Lipinski definition) is 2. The molecule has 6 heteroatoms. The molecular formula is C8H11BrN4O. The maximum atomic E-state index is 11.5. The molecule has 1 heterocycles. The number of hydrogen-bond acceptors (Lipinski definition) is 3. The molecule has 0 atom stereocenters. The largest absolute Gasteiger partial charge is 0.317 e. The molecule has 1 aromatic heterocycles. The molecule has 0 saturated heterocycles. The van der Waals surface area contributed by atoms with Crippen LogP contribution in [0.4, 0.5) is 5.82 Å². The summed E-state index contributed by atoms with van der Waals surface area (Å²) in [6.45, 7) is 0. The minimum Gasteiger partial charge on any atom is -0.317 e. The first kappa shape index (κ1) is 9.67. The highest BCUT2D eigenvalue weighted by Crippen LogP contribution is 2.33. The van der Waals surface area contributed by atoms with E-state index >= 15 is 0 Å². The molecule has 1 fully saturated rings. The van der Waals surface area contributed by atoms with Gasteiger partial charge in [-0.3, -0.25) is 9.48 Å². The van der Waals surface area contributed by atoms with Gasteiger partial charge in [-0.05, 0) is 28.8 Å². The average Bonchev–Trinajstić information content (AvgIpc) is 2.77. The summed E-state index contributed by atoms with van der Waals surface area (Å²) >= 11 is 3.29. The molecule has 0 aliphatic heterocycles. The molecule has 3 N–H and O–H groups in total. The molecule has 1 aromatic rings. The normalized spacial score (nSPS) is 17.9. The fourth-order valence-electron chi connectivity index (χ4n) is 1.11. The molecule has 5 nitrogen and oxygen atoms in total. The first-order valence-electron chi connectivity index (χ1n) is 4.31. The maximum Gasteiger partial charge on any atom is 0.245 e. The van der Waals surface area contributed by atoms with Crippen LogP contribution in [0.5, 0.6) is 0 Å². The van der Waals surface area contributed by atoms with Crippen molar-refractivity contribution in [3.63, 3.8) is 0 Å². The van der Waals surface area contributed by atoms with Crippen molar-refractivity contribution in [2.24, 2.45) is 12.8 Å². The Labute approximate surface area is 89.8 Å². The van der Waals surface area contributed by atoms with E-state index in [4.69, 9.17) is 5.73 Å². The number of anilines is 1. The molecule has 2 rings (SSSR count). The molecule has 0 bridgehead atoms. The maximum absolute atomic E-state index is 11.5. The van der Waals surface area contributed by atoms with Crippen LogP contribution in [0.15, 0.2) is 10.7 Å². The third-order valence-electron chi connectivity index (χ3n) is 2.31. The van der Waals surface area contributed by atoms with E-state index in [0.29, 0.717) is 5.82 Å². The summed E-state index contributed by atoms with van der Waals surface area (Å²) in [4.78, 5) is 11.5. The number of nitrogens with two attached hydrogens (primary N) is 1. The first-order valence-corrected chi connectivity index (χ1v) is 5.10. The lowest BCUT2D eigenvalue weighted by molar-refractivity contribution is -0.118. The highest BCUT2D eigenvalue weighted by Gasteiger charge is 2.46. The Morgan fingerprint density at radius 1 is 1.79 bits per heavy atom. The molecule has 0 aromatic carbocycles. The zero-order chi connectivity index (χ0) is 10.3. The molecule has 0 unspecified atom stereocenters. The van der Waals surface area contributed by atoms with Gasteiger partial charge in [0, 0.05) is 13.1 Å². The standard InChI is InChI=1S/C8H11BrN4O/c1-13-5(9)4-6(12-13)11-7(14)8(10)2-3-8/h4H,2-3,10H2,1H3,(H,11,12,14). The van der Waals surface area contributed by atoms with Crippen molar-refractivity contribution in [2.45, 2.75) is 18.4 Å². The van der Waals surface area contributed by atoms with Crippen molar-refractivity contribution in [2.75, 3.05) is 5.32 Å². The third kappa shape index (κ3) is 1.67. The predicted octanol–water partition coefficient (Wildman–Crippen LogP) is 0.612. The number of nitrogens with one attached hydrogen (secondary N) is 1. The smallest absolute Gasteiger partial charge is 0.245 e. The van der Waals surface area contributed by atoms with E-state index in [0.717, 1.165) is 17.4 Å². The summed E-state index contributed by atoms with van der Waals surface area (Å²) < 4.78 is 2.45. The van der Waals surface area contributed by atoms with Crippen LogP contribution in [-0.4, -0.2) is 21.2 Å². The van der Waals surface area contributed by atoms with Crippen LogP contribution in [-0.2, 0) is 11.8 Å². The number of rotatable bonds is 2. The lowest BCUT2D eigenvalue weighted by atomic mass is 10.3. The zero-order valence-electron chi connectivity index (χ0n) is 7.75. The Bertz CT molecular complexity index is 363. The SMILES string of the molecule is Cn1nc(NC(=O)C2(N)CC2)cc1Br. The van der Waals surface area contributed by atoms with Crippen molar-refractivity contribution in [3.8, 4) is 0 Å². The monoisotopic (exact) mass is 258 g/mol. The quantitative estimate of drug-likeness (QED) is 0.817. The topological polar surface area (TPSA) is 72.9 Å². The number of nitrogens with zero attached hydrogens (tertiary/aromatic N) is 2. The van der Waals surface area contributed by atoms with E-state index in [9.17, 15) is 4.79 Å². The van der Waals surface area contributed by atoms with E-state index in [-0.39, 0.29) is 5.91 Å². The molecule has 14 heavy (non-hydrogen) atoms. The minimum absolute atomic E-state index is 0.150. The van der Waals surface area contributed by atoms with Gasteiger partial charge in [0.15, 0.2) is 5.82 Å². The van der Waals surface area contributed by atoms with Crippen molar-refractivity contribution in [3.05, 3.63) is 10.7 Å². The van der Waals surface area contributed by atoms with E-state index < -0.39 is 5.54 Å². The molecule has 1 saturated carbocycles. The Kier molecular flexibility index (Phi) is 2.11. The molecule has 0 spiro atoms. The zero-order valence-corrected chi connectivity index (χ0v) is 9.34. The van der Waals surface area contributed by atoms with Gasteiger partial charge < -0.3 is 11.1 Å². The van der Waals surface area contributed by atoms with Gasteiger partial charge in [0.2, 0.25) is 5.91 Å². The number of amides is 1. The van der Waals surface area contributed by atoms with E-state index in [1.165, 1.54) is 0 Å². The van der Waals surface area contributed by atoms with Crippen LogP contribution in [0.25, 0.3) is 0 Å². The summed E-state index contributed by atoms with van der Waals surface area (Å²) in [5.41, 5.74) is 5.08. The Hall–Kier alpha value is -0.880. The summed E-state index contributed by atoms with van der Waals surface area (Å²) in [5, 5.41) is 6.75. The number of carbonyl (C=O) groups excluding carboxylic acids is 1. The molecular weight excluding hydrogens is 248 g/mol. The van der Waals surface area contributed by atoms with Crippen LogP contribution in [0, 0.1) is 0 Å². The summed E-state index contributed by atoms with van der Waals surface area (Å²) in [6, 6.07) is 1.74. The Balaban J connectivity index is 2.07. The highest BCUT2D eigenvalue weighted by atomic mass is 79.9. The number of carbonyl (C=O) groups is 1. The molecule has 1 aliphatic carbocycles. The molecule has 0 radical (unpaired) electrons. The number of halogens is 1. The van der Waals surface area contributed by atoms with Gasteiger partial charge in [0.25, 0.3) is 0 Å². The van der Waals surface area contributed by atoms with Crippen molar-refractivity contribution < 1.29 is 4.79 Å². The van der Waals surface area contributed by atoms with Crippen LogP contribution < -0.4 is 11.1 Å². The second-order valence-electron chi connectivity index (χ2n) is 3.59. The lowest BCUT2D eigenvalue weighted by Crippen LogP contribution is -2.37. The molecule has 1 aliphatic rings. The minimum atomic E-state index is -0.649. The fraction of sp³-hybridized carbons (Fsp3) is 0.500. The van der Waals surface area contributed by atoms with Crippen molar-refractivity contribution in [1.82, 2.24) is 9.78 Å². The van der Waals surface area contributed by atoms with Crippen molar-refractivity contribution >= 4 is 27.7 Å². The van der Waals surface area contributed by atoms with Gasteiger partial charge in [0.05, 0.1) is 5.54 Å². The summed E-state index contributed by atoms with van der Waals surface area (Å²) in [5.74, 6) is 0.379.